The van der Waals surface area contributed by atoms with Crippen molar-refractivity contribution >= 4 is 45.9 Å². The van der Waals surface area contributed by atoms with Gasteiger partial charge in [0, 0.05) is 27.6 Å². The molecule has 0 atom stereocenters. The Morgan fingerprint density at radius 1 is 1.09 bits per heavy atom. The molecule has 0 saturated carbocycles. The van der Waals surface area contributed by atoms with Gasteiger partial charge in [0.05, 0.1) is 13.2 Å². The molecule has 5 nitrogen and oxygen atoms in total. The maximum Gasteiger partial charge on any atom is 0.341 e. The first-order valence-corrected chi connectivity index (χ1v) is 11.5. The lowest BCUT2D eigenvalue weighted by molar-refractivity contribution is -0.111. The number of rotatable bonds is 9. The summed E-state index contributed by atoms with van der Waals surface area (Å²) in [5.41, 5.74) is 2.62. The maximum absolute atomic E-state index is 12.7. The number of hydrogen-bond donors (Lipinski definition) is 1. The zero-order valence-electron chi connectivity index (χ0n) is 17.9. The van der Waals surface area contributed by atoms with Crippen molar-refractivity contribution in [3.8, 4) is 16.9 Å². The Bertz CT molecular complexity index is 1110. The fourth-order valence-electron chi connectivity index (χ4n) is 2.98. The number of thiophene rings is 1. The van der Waals surface area contributed by atoms with E-state index in [0.29, 0.717) is 33.5 Å². The molecule has 0 bridgehead atoms. The van der Waals surface area contributed by atoms with Crippen LogP contribution in [0.5, 0.6) is 5.75 Å². The van der Waals surface area contributed by atoms with Crippen LogP contribution < -0.4 is 10.1 Å². The van der Waals surface area contributed by atoms with E-state index in [1.54, 1.807) is 25.1 Å². The lowest BCUT2D eigenvalue weighted by atomic mass is 10.0. The van der Waals surface area contributed by atoms with Crippen molar-refractivity contribution in [2.45, 2.75) is 20.3 Å². The zero-order valence-corrected chi connectivity index (χ0v) is 19.5. The normalized spacial score (nSPS) is 10.8. The van der Waals surface area contributed by atoms with Crippen LogP contribution in [0.15, 0.2) is 60.0 Å². The second-order valence-electron chi connectivity index (χ2n) is 6.79. The average Bonchev–Trinajstić information content (AvgIpc) is 3.21. The van der Waals surface area contributed by atoms with Crippen molar-refractivity contribution in [2.24, 2.45) is 0 Å². The monoisotopic (exact) mass is 469 g/mol. The summed E-state index contributed by atoms with van der Waals surface area (Å²) < 4.78 is 11.0. The van der Waals surface area contributed by atoms with Gasteiger partial charge in [0.15, 0.2) is 0 Å². The van der Waals surface area contributed by atoms with Crippen LogP contribution in [-0.4, -0.2) is 25.1 Å². The van der Waals surface area contributed by atoms with Crippen molar-refractivity contribution < 1.29 is 19.1 Å². The highest BCUT2D eigenvalue weighted by atomic mass is 35.5. The van der Waals surface area contributed by atoms with Crippen LogP contribution in [0.1, 0.15) is 36.2 Å². The Morgan fingerprint density at radius 2 is 1.84 bits per heavy atom. The predicted molar refractivity (Wildman–Crippen MR) is 131 cm³/mol. The van der Waals surface area contributed by atoms with E-state index in [2.05, 4.69) is 5.32 Å². The van der Waals surface area contributed by atoms with Gasteiger partial charge in [-0.2, -0.15) is 0 Å². The van der Waals surface area contributed by atoms with Gasteiger partial charge >= 0.3 is 5.97 Å². The molecule has 0 aliphatic carbocycles. The Balaban J connectivity index is 1.84. The van der Waals surface area contributed by atoms with Gasteiger partial charge < -0.3 is 14.8 Å². The number of benzene rings is 2. The summed E-state index contributed by atoms with van der Waals surface area (Å²) in [5.74, 6) is -0.131. The van der Waals surface area contributed by atoms with Gasteiger partial charge in [0.1, 0.15) is 16.3 Å². The number of nitrogens with one attached hydrogen (secondary N) is 1. The van der Waals surface area contributed by atoms with E-state index in [-0.39, 0.29) is 12.5 Å². The Labute approximate surface area is 196 Å². The van der Waals surface area contributed by atoms with E-state index in [9.17, 15) is 9.59 Å². The number of hydrogen-bond acceptors (Lipinski definition) is 5. The molecule has 0 spiro atoms. The molecule has 1 amide bonds. The molecule has 1 heterocycles. The molecule has 0 radical (unpaired) electrons. The minimum Gasteiger partial charge on any atom is -0.493 e. The molecule has 3 aromatic rings. The van der Waals surface area contributed by atoms with Crippen molar-refractivity contribution in [1.29, 1.82) is 0 Å². The molecule has 32 heavy (non-hydrogen) atoms. The van der Waals surface area contributed by atoms with Gasteiger partial charge in [-0.3, -0.25) is 4.79 Å². The third-order valence-corrected chi connectivity index (χ3v) is 5.60. The number of carbonyl (C=O) groups excluding carboxylic acids is 2. The van der Waals surface area contributed by atoms with Gasteiger partial charge in [-0.1, -0.05) is 48.9 Å². The van der Waals surface area contributed by atoms with E-state index in [1.807, 2.05) is 48.7 Å². The van der Waals surface area contributed by atoms with E-state index < -0.39 is 5.97 Å². The molecular weight excluding hydrogens is 446 g/mol. The molecular formula is C25H24ClNO4S. The van der Waals surface area contributed by atoms with Crippen LogP contribution in [0.25, 0.3) is 17.2 Å². The maximum atomic E-state index is 12.7. The van der Waals surface area contributed by atoms with Gasteiger partial charge in [0.25, 0.3) is 0 Å². The highest BCUT2D eigenvalue weighted by molar-refractivity contribution is 7.15. The Kier molecular flexibility index (Phi) is 8.48. The van der Waals surface area contributed by atoms with Gasteiger partial charge in [-0.15, -0.1) is 11.3 Å². The summed E-state index contributed by atoms with van der Waals surface area (Å²) in [6.07, 6.45) is 4.01. The van der Waals surface area contributed by atoms with Crippen molar-refractivity contribution in [3.63, 3.8) is 0 Å². The number of anilines is 1. The van der Waals surface area contributed by atoms with Crippen molar-refractivity contribution in [1.82, 2.24) is 0 Å². The molecule has 2 aromatic carbocycles. The lowest BCUT2D eigenvalue weighted by Crippen LogP contribution is -2.12. The summed E-state index contributed by atoms with van der Waals surface area (Å²) in [4.78, 5) is 25.3. The molecule has 0 aliphatic heterocycles. The minimum atomic E-state index is -0.490. The molecule has 0 unspecified atom stereocenters. The highest BCUT2D eigenvalue weighted by Crippen LogP contribution is 2.36. The number of ether oxygens (including phenoxy) is 2. The Hall–Kier alpha value is -3.09. The first-order valence-electron chi connectivity index (χ1n) is 10.3. The third kappa shape index (κ3) is 5.99. The van der Waals surface area contributed by atoms with E-state index in [4.69, 9.17) is 21.1 Å². The molecule has 0 saturated heterocycles. The second kappa shape index (κ2) is 11.5. The fourth-order valence-corrected chi connectivity index (χ4v) is 4.06. The van der Waals surface area contributed by atoms with Gasteiger partial charge in [-0.25, -0.2) is 4.79 Å². The van der Waals surface area contributed by atoms with E-state index in [1.165, 1.54) is 17.4 Å². The minimum absolute atomic E-state index is 0.233. The first-order chi connectivity index (χ1) is 15.5. The number of halogens is 1. The number of carbonyl (C=O) groups is 2. The fraction of sp³-hybridized carbons (Fsp3) is 0.200. The summed E-state index contributed by atoms with van der Waals surface area (Å²) in [6.45, 7) is 4.61. The molecule has 3 rings (SSSR count). The highest BCUT2D eigenvalue weighted by Gasteiger charge is 2.22. The van der Waals surface area contributed by atoms with Crippen LogP contribution in [0, 0.1) is 0 Å². The zero-order chi connectivity index (χ0) is 22.9. The van der Waals surface area contributed by atoms with Crippen molar-refractivity contribution in [3.05, 3.63) is 76.1 Å². The number of amides is 1. The summed E-state index contributed by atoms with van der Waals surface area (Å²) in [7, 11) is 0. The van der Waals surface area contributed by atoms with Crippen LogP contribution in [0.4, 0.5) is 5.00 Å². The molecule has 0 aliphatic rings. The SMILES string of the molecule is CCCOc1ccccc1/C=C/C(=O)Nc1scc(-c2ccc(Cl)cc2)c1C(=O)OCC. The molecule has 1 aromatic heterocycles. The smallest absolute Gasteiger partial charge is 0.341 e. The largest absolute Gasteiger partial charge is 0.493 e. The predicted octanol–water partition coefficient (Wildman–Crippen LogP) is 6.69. The van der Waals surface area contributed by atoms with Crippen LogP contribution in [-0.2, 0) is 9.53 Å². The topological polar surface area (TPSA) is 64.6 Å². The summed E-state index contributed by atoms with van der Waals surface area (Å²) in [5, 5.41) is 5.66. The molecule has 0 fully saturated rings. The number of esters is 1. The number of para-hydroxylation sites is 1. The molecule has 1 N–H and O–H groups in total. The van der Waals surface area contributed by atoms with Crippen LogP contribution in [0.3, 0.4) is 0 Å². The summed E-state index contributed by atoms with van der Waals surface area (Å²) in [6, 6.07) is 14.7. The molecule has 7 heteroatoms. The third-order valence-electron chi connectivity index (χ3n) is 4.46. The summed E-state index contributed by atoms with van der Waals surface area (Å²) >= 11 is 7.26. The van der Waals surface area contributed by atoms with E-state index in [0.717, 1.165) is 17.5 Å². The second-order valence-corrected chi connectivity index (χ2v) is 8.11. The lowest BCUT2D eigenvalue weighted by Gasteiger charge is -2.09. The van der Waals surface area contributed by atoms with Gasteiger partial charge in [-0.05, 0) is 43.2 Å². The van der Waals surface area contributed by atoms with E-state index >= 15 is 0 Å². The van der Waals surface area contributed by atoms with Gasteiger partial charge in [0.2, 0.25) is 5.91 Å². The standard InChI is InChI=1S/C25H24ClNO4S/c1-3-15-31-21-8-6-5-7-18(21)11-14-22(28)27-24-23(25(29)30-4-2)20(16-32-24)17-9-12-19(26)13-10-17/h5-14,16H,3-4,15H2,1-2H3,(H,27,28)/b14-11+. The first kappa shape index (κ1) is 23.6. The quantitative estimate of drug-likeness (QED) is 0.280. The van der Waals surface area contributed by atoms with Crippen LogP contribution in [0.2, 0.25) is 5.02 Å². The molecule has 166 valence electrons. The van der Waals surface area contributed by atoms with Crippen LogP contribution >= 0.6 is 22.9 Å². The van der Waals surface area contributed by atoms with Crippen molar-refractivity contribution in [2.75, 3.05) is 18.5 Å². The Morgan fingerprint density at radius 3 is 2.56 bits per heavy atom. The average molecular weight is 470 g/mol.